The molecule has 15 aromatic rings. The van der Waals surface area contributed by atoms with Crippen molar-refractivity contribution in [2.45, 2.75) is 83.8 Å². The number of hydrogen-bond acceptors (Lipinski definition) is 31. The van der Waals surface area contributed by atoms with Gasteiger partial charge in [0.25, 0.3) is 0 Å². The van der Waals surface area contributed by atoms with Gasteiger partial charge in [0.15, 0.2) is 17.2 Å². The molecule has 2 atom stereocenters. The van der Waals surface area contributed by atoms with Crippen LogP contribution in [0.15, 0.2) is 201 Å². The van der Waals surface area contributed by atoms with Crippen LogP contribution in [-0.2, 0) is 32.2 Å². The number of benzene rings is 5. The fourth-order valence-corrected chi connectivity index (χ4v) is 18.8. The molecule has 0 radical (unpaired) electrons. The van der Waals surface area contributed by atoms with Crippen LogP contribution in [-0.4, -0.2) is 170 Å². The first kappa shape index (κ1) is 81.9. The fourth-order valence-electron chi connectivity index (χ4n) is 18.8. The second-order valence-corrected chi connectivity index (χ2v) is 34.0. The van der Waals surface area contributed by atoms with E-state index in [0.717, 1.165) is 179 Å². The summed E-state index contributed by atoms with van der Waals surface area (Å²) in [6, 6.07) is 48.0. The highest BCUT2D eigenvalue weighted by atomic mass is 19.1. The van der Waals surface area contributed by atoms with Crippen LogP contribution in [0.5, 0.6) is 58.7 Å². The molecule has 0 bridgehead atoms. The van der Waals surface area contributed by atoms with Crippen molar-refractivity contribution in [1.82, 2.24) is 84.6 Å². The van der Waals surface area contributed by atoms with Gasteiger partial charge in [-0.2, -0.15) is 39.9 Å². The summed E-state index contributed by atoms with van der Waals surface area (Å²) in [6.45, 7) is 11.8. The summed E-state index contributed by atoms with van der Waals surface area (Å²) in [6.07, 6.45) is 22.4. The topological polar surface area (TPSA) is 379 Å². The molecule has 0 amide bonds. The van der Waals surface area contributed by atoms with E-state index in [9.17, 15) is 4.39 Å². The Morgan fingerprint density at radius 1 is 0.408 bits per heavy atom. The quantitative estimate of drug-likeness (QED) is 0.0465. The highest BCUT2D eigenvalue weighted by Gasteiger charge is 2.56. The van der Waals surface area contributed by atoms with Crippen LogP contribution in [0.3, 0.4) is 0 Å². The van der Waals surface area contributed by atoms with Gasteiger partial charge < -0.3 is 71.5 Å². The number of halogens is 1. The Balaban J connectivity index is 0.000000105. The van der Waals surface area contributed by atoms with Crippen molar-refractivity contribution < 1.29 is 28.1 Å². The number of anilines is 7. The number of nitrogen functional groups attached to an aromatic ring is 1. The lowest BCUT2D eigenvalue weighted by molar-refractivity contribution is 0.246. The van der Waals surface area contributed by atoms with E-state index in [1.54, 1.807) is 56.2 Å². The molecule has 2 saturated carbocycles. The monoisotopic (exact) mass is 1730 g/mol. The highest BCUT2D eigenvalue weighted by molar-refractivity contribution is 5.91. The van der Waals surface area contributed by atoms with E-state index in [1.165, 1.54) is 89.2 Å². The maximum absolute atomic E-state index is 13.7. The van der Waals surface area contributed by atoms with Crippen LogP contribution in [0.25, 0.3) is 55.5 Å². The van der Waals surface area contributed by atoms with E-state index in [-0.39, 0.29) is 46.7 Å². The van der Waals surface area contributed by atoms with Crippen molar-refractivity contribution >= 4 is 51.5 Å². The second-order valence-electron chi connectivity index (χ2n) is 34.0. The molecule has 24 rings (SSSR count). The summed E-state index contributed by atoms with van der Waals surface area (Å²) in [5.74, 6) is 5.98. The van der Waals surface area contributed by atoms with E-state index in [4.69, 9.17) is 70.8 Å². The van der Waals surface area contributed by atoms with Crippen molar-refractivity contribution in [3.8, 4) is 103 Å². The van der Waals surface area contributed by atoms with Crippen LogP contribution in [0.1, 0.15) is 87.8 Å². The average molecular weight is 1730 g/mol. The fraction of sp³-hybridized carbons (Fsp3) is 0.265. The Morgan fingerprint density at radius 2 is 0.885 bits per heavy atom. The van der Waals surface area contributed by atoms with Gasteiger partial charge >= 0.3 is 24.0 Å². The van der Waals surface area contributed by atoms with E-state index < -0.39 is 0 Å². The van der Waals surface area contributed by atoms with Crippen LogP contribution in [0.2, 0.25) is 0 Å². The summed E-state index contributed by atoms with van der Waals surface area (Å²) in [4.78, 5) is 81.4. The number of pyridine rings is 4. The molecular weight excluding hydrogens is 1640 g/mol. The number of ether oxygens (including phenoxy) is 5. The lowest BCUT2D eigenvalue weighted by Crippen LogP contribution is -2.46. The smallest absolute Gasteiger partial charge is 0.325 e. The first-order valence-corrected chi connectivity index (χ1v) is 43.7. The molecule has 652 valence electrons. The van der Waals surface area contributed by atoms with Crippen molar-refractivity contribution in [3.63, 3.8) is 0 Å². The molecule has 5 fully saturated rings. The minimum Gasteiger partial charge on any atom is -0.435 e. The Morgan fingerprint density at radius 3 is 1.42 bits per heavy atom. The first-order valence-electron chi connectivity index (χ1n) is 43.7. The lowest BCUT2D eigenvalue weighted by Gasteiger charge is -2.36. The predicted octanol–water partition coefficient (Wildman–Crippen LogP) is 15.1. The van der Waals surface area contributed by atoms with Gasteiger partial charge in [0.2, 0.25) is 11.8 Å². The minimum atomic E-state index is -0.355. The zero-order valence-corrected chi connectivity index (χ0v) is 72.3. The van der Waals surface area contributed by atoms with Gasteiger partial charge in [0, 0.05) is 193 Å². The number of hydrogen-bond donors (Lipinski definition) is 6. The van der Waals surface area contributed by atoms with E-state index in [0.29, 0.717) is 65.3 Å². The summed E-state index contributed by atoms with van der Waals surface area (Å²) in [5.41, 5.74) is 43.6. The number of nitrogens with two attached hydrogens (primary N) is 3. The molecule has 10 aromatic heterocycles. The van der Waals surface area contributed by atoms with Gasteiger partial charge in [-0.25, -0.2) is 24.3 Å². The number of aromatic nitrogens is 16. The molecule has 9 aliphatic rings. The van der Waals surface area contributed by atoms with Crippen molar-refractivity contribution in [1.29, 1.82) is 0 Å². The molecule has 6 aliphatic carbocycles. The minimum absolute atomic E-state index is 0.148. The van der Waals surface area contributed by atoms with Crippen LogP contribution in [0.4, 0.5) is 44.9 Å². The van der Waals surface area contributed by atoms with Crippen molar-refractivity contribution in [2.24, 2.45) is 22.3 Å². The van der Waals surface area contributed by atoms with Gasteiger partial charge in [-0.05, 0) is 156 Å². The standard InChI is InChI=1S/C27H27N7O.C26H25N7O.C24H24FN5O.C21H17N7O2/c1-28-23-9-4-8-21-22(23)16-24-25(21)26(32-27(31-24)35-20-7-5-10-29-17-20)34-14-12-33(13-15-34)18-19-6-2-3-11-30-19;1-28-18-5-2-4-16-17(18)11-21-23(16)24(33-13-22(27)26(14-33)7-8-26)32-25(31-21)34-15-10-20-19(30-12-15)6-3-9-29-20;1-27-18-7-3-6-16-17(18)11-19-21(16)22(30-12-20(26)24(13-30)8-9-24)29-23(28-19)31-15-5-2-4-14(25)10-15;1-11-4-3-5-15-16(11)6-17-18(15)19(29-13-9-25-20(22)26-10-13)28-21(27-17)30-14-7-23-12(2)24-8-14/h2-11,17,28H,12-16,18H2,1H3;2-6,9-10,12,22,28H,7-8,11,13-14,27H2,1H3;2-7,10,20,27H,8-9,11-13,26H2,1H3;3-5,7-10H,6H2,1-2H3,(H2,22,25,26). The molecule has 3 saturated heterocycles. The normalized spacial score (nSPS) is 16.5. The summed E-state index contributed by atoms with van der Waals surface area (Å²) in [5, 5.41) is 9.94. The average Bonchev–Trinajstić information content (AvgIpc) is 1.57. The maximum atomic E-state index is 13.7. The van der Waals surface area contributed by atoms with Crippen molar-refractivity contribution in [3.05, 3.63) is 269 Å². The predicted molar refractivity (Wildman–Crippen MR) is 494 cm³/mol. The second kappa shape index (κ2) is 34.2. The van der Waals surface area contributed by atoms with E-state index in [2.05, 4.69) is 159 Å². The Bertz CT molecular complexity index is 6830. The highest BCUT2D eigenvalue weighted by Crippen LogP contribution is 2.57. The third-order valence-electron chi connectivity index (χ3n) is 25.9. The number of nitrogens with one attached hydrogen (secondary N) is 3. The summed E-state index contributed by atoms with van der Waals surface area (Å²) < 4.78 is 43.6. The van der Waals surface area contributed by atoms with Gasteiger partial charge in [-0.3, -0.25) is 24.8 Å². The van der Waals surface area contributed by atoms with Gasteiger partial charge in [0.05, 0.1) is 82.2 Å². The molecule has 31 nitrogen and oxygen atoms in total. The number of piperazine rings is 1. The summed E-state index contributed by atoms with van der Waals surface area (Å²) >= 11 is 0. The molecule has 130 heavy (non-hydrogen) atoms. The first-order chi connectivity index (χ1) is 63.5. The number of aryl methyl sites for hydroxylation is 2. The molecule has 2 spiro atoms. The SMILES string of the molecule is CNc1cccc2c1Cc1nc(Oc3cccc(F)c3)nc(N3CC(N)C4(CC4)C3)c1-2.CNc1cccc2c1Cc1nc(Oc3cccnc3)nc(N3CCN(Cc4ccccn4)CC3)c1-2.CNc1cccc2c1Cc1nc(Oc3cnc4cccnc4c3)nc(N3CC(N)C4(CC4)C3)c1-2.Cc1ncc(Oc2nc3c(c(Oc4cnc(N)nc4)n2)-c2cccc(C)c2C3)cn1. The molecule has 5 aromatic carbocycles. The Hall–Kier alpha value is -15.2. The molecule has 13 heterocycles. The van der Waals surface area contributed by atoms with Crippen LogP contribution >= 0.6 is 0 Å². The van der Waals surface area contributed by atoms with Crippen LogP contribution in [0, 0.1) is 30.5 Å². The molecule has 9 N–H and O–H groups in total. The third kappa shape index (κ3) is 16.2. The maximum Gasteiger partial charge on any atom is 0.325 e. The third-order valence-corrected chi connectivity index (χ3v) is 25.9. The summed E-state index contributed by atoms with van der Waals surface area (Å²) in [7, 11) is 5.85. The van der Waals surface area contributed by atoms with E-state index >= 15 is 0 Å². The molecule has 32 heteroatoms. The molecular formula is C98H93FN26O5. The lowest BCUT2D eigenvalue weighted by atomic mass is 10.0. The van der Waals surface area contributed by atoms with Gasteiger partial charge in [0.1, 0.15) is 40.6 Å². The van der Waals surface area contributed by atoms with E-state index in [1.807, 2.05) is 81.9 Å². The van der Waals surface area contributed by atoms with Gasteiger partial charge in [-0.15, -0.1) is 0 Å². The molecule has 3 aliphatic heterocycles. The number of fused-ring (bicyclic) bond motifs is 13. The molecule has 2 unspecified atom stereocenters. The number of rotatable bonds is 18. The largest absolute Gasteiger partial charge is 0.435 e. The Labute approximate surface area is 748 Å². The Kier molecular flexibility index (Phi) is 21.5. The van der Waals surface area contributed by atoms with Crippen LogP contribution < -0.4 is 71.5 Å². The zero-order valence-electron chi connectivity index (χ0n) is 72.3. The van der Waals surface area contributed by atoms with Crippen molar-refractivity contribution in [2.75, 3.05) is 110 Å². The zero-order chi connectivity index (χ0) is 88.3. The van der Waals surface area contributed by atoms with Gasteiger partial charge in [-0.1, -0.05) is 66.7 Å². The number of nitrogens with zero attached hydrogens (tertiary/aromatic N) is 20.